The van der Waals surface area contributed by atoms with Crippen molar-refractivity contribution in [2.24, 2.45) is 0 Å². The van der Waals surface area contributed by atoms with Gasteiger partial charge in [-0.2, -0.15) is 5.26 Å². The monoisotopic (exact) mass is 287 g/mol. The molecule has 0 saturated heterocycles. The number of aromatic nitrogens is 2. The number of nitriles is 1. The van der Waals surface area contributed by atoms with Crippen LogP contribution in [0.15, 0.2) is 23.0 Å². The van der Waals surface area contributed by atoms with E-state index in [2.05, 4.69) is 9.97 Å². The minimum atomic E-state index is -0.578. The van der Waals surface area contributed by atoms with Crippen LogP contribution in [-0.2, 0) is 0 Å². The Labute approximate surface area is 118 Å². The summed E-state index contributed by atoms with van der Waals surface area (Å²) in [4.78, 5) is 16.5. The maximum absolute atomic E-state index is 11.5. The molecule has 0 atom stereocenters. The number of aromatic amines is 2. The van der Waals surface area contributed by atoms with Gasteiger partial charge in [0.1, 0.15) is 23.1 Å². The molecule has 2 aromatic rings. The number of hydrogen-bond acceptors (Lipinski definition) is 5. The predicted octanol–water partition coefficient (Wildman–Crippen LogP) is 1.89. The van der Waals surface area contributed by atoms with E-state index in [9.17, 15) is 15.0 Å². The van der Waals surface area contributed by atoms with Gasteiger partial charge in [-0.15, -0.1) is 0 Å². The van der Waals surface area contributed by atoms with E-state index in [-0.39, 0.29) is 27.5 Å². The third kappa shape index (κ3) is 2.76. The molecule has 0 radical (unpaired) electrons. The SMILES string of the molecule is N#Cc1c(/C=C/c2ccc(O)cc2O)[nH]c(=S)[nH]c1=O. The summed E-state index contributed by atoms with van der Waals surface area (Å²) < 4.78 is 0.101. The topological polar surface area (TPSA) is 113 Å². The number of nitrogens with zero attached hydrogens (tertiary/aromatic N) is 1. The van der Waals surface area contributed by atoms with Crippen LogP contribution in [0.25, 0.3) is 12.2 Å². The van der Waals surface area contributed by atoms with Crippen LogP contribution in [0.1, 0.15) is 16.8 Å². The molecule has 2 rings (SSSR count). The number of benzene rings is 1. The zero-order chi connectivity index (χ0) is 14.7. The summed E-state index contributed by atoms with van der Waals surface area (Å²) >= 11 is 4.83. The van der Waals surface area contributed by atoms with Crippen molar-refractivity contribution in [3.05, 3.63) is 50.1 Å². The summed E-state index contributed by atoms with van der Waals surface area (Å²) in [5.74, 6) is -0.184. The normalized spacial score (nSPS) is 10.6. The number of aromatic hydroxyl groups is 2. The molecule has 1 aromatic heterocycles. The van der Waals surface area contributed by atoms with Crippen molar-refractivity contribution in [1.29, 1.82) is 5.26 Å². The van der Waals surface area contributed by atoms with Crippen molar-refractivity contribution in [3.63, 3.8) is 0 Å². The molecule has 1 aromatic carbocycles. The summed E-state index contributed by atoms with van der Waals surface area (Å²) in [6.07, 6.45) is 2.95. The second-order valence-electron chi connectivity index (χ2n) is 3.89. The zero-order valence-corrected chi connectivity index (χ0v) is 10.9. The Morgan fingerprint density at radius 3 is 2.65 bits per heavy atom. The Kier molecular flexibility index (Phi) is 3.68. The number of nitrogens with one attached hydrogen (secondary N) is 2. The lowest BCUT2D eigenvalue weighted by Gasteiger charge is -2.00. The van der Waals surface area contributed by atoms with Crippen molar-refractivity contribution in [1.82, 2.24) is 9.97 Å². The lowest BCUT2D eigenvalue weighted by molar-refractivity contribution is 0.450. The van der Waals surface area contributed by atoms with Gasteiger partial charge in [0.2, 0.25) is 0 Å². The van der Waals surface area contributed by atoms with Gasteiger partial charge in [-0.3, -0.25) is 9.78 Å². The van der Waals surface area contributed by atoms with E-state index in [1.54, 1.807) is 6.07 Å². The minimum Gasteiger partial charge on any atom is -0.508 e. The first kappa shape index (κ1) is 13.6. The molecule has 0 bridgehead atoms. The first-order valence-electron chi connectivity index (χ1n) is 5.48. The molecule has 0 fully saturated rings. The van der Waals surface area contributed by atoms with Gasteiger partial charge in [0.15, 0.2) is 4.77 Å². The van der Waals surface area contributed by atoms with Gasteiger partial charge in [-0.1, -0.05) is 0 Å². The molecular weight excluding hydrogens is 278 g/mol. The maximum atomic E-state index is 11.5. The second-order valence-corrected chi connectivity index (χ2v) is 4.29. The van der Waals surface area contributed by atoms with Gasteiger partial charge in [0, 0.05) is 11.6 Å². The molecule has 1 heterocycles. The molecule has 0 unspecified atom stereocenters. The molecule has 20 heavy (non-hydrogen) atoms. The van der Waals surface area contributed by atoms with Crippen LogP contribution < -0.4 is 5.56 Å². The van der Waals surface area contributed by atoms with Crippen molar-refractivity contribution in [2.75, 3.05) is 0 Å². The van der Waals surface area contributed by atoms with E-state index in [0.29, 0.717) is 5.56 Å². The Morgan fingerprint density at radius 2 is 2.00 bits per heavy atom. The smallest absolute Gasteiger partial charge is 0.270 e. The molecular formula is C13H9N3O3S. The molecule has 0 aliphatic carbocycles. The lowest BCUT2D eigenvalue weighted by Crippen LogP contribution is -2.13. The average Bonchev–Trinajstić information content (AvgIpc) is 2.37. The van der Waals surface area contributed by atoms with E-state index in [4.69, 9.17) is 17.5 Å². The highest BCUT2D eigenvalue weighted by atomic mass is 32.1. The van der Waals surface area contributed by atoms with Crippen LogP contribution in [0.4, 0.5) is 0 Å². The maximum Gasteiger partial charge on any atom is 0.270 e. The summed E-state index contributed by atoms with van der Waals surface area (Å²) in [6, 6.07) is 5.86. The van der Waals surface area contributed by atoms with E-state index < -0.39 is 5.56 Å². The molecule has 0 aliphatic rings. The van der Waals surface area contributed by atoms with E-state index in [1.165, 1.54) is 30.4 Å². The highest BCUT2D eigenvalue weighted by molar-refractivity contribution is 7.71. The molecule has 4 N–H and O–H groups in total. The third-order valence-electron chi connectivity index (χ3n) is 2.53. The third-order valence-corrected chi connectivity index (χ3v) is 2.73. The quantitative estimate of drug-likeness (QED) is 0.630. The van der Waals surface area contributed by atoms with Crippen LogP contribution in [0.5, 0.6) is 11.5 Å². The zero-order valence-electron chi connectivity index (χ0n) is 10.0. The fourth-order valence-corrected chi connectivity index (χ4v) is 1.79. The summed E-state index contributed by atoms with van der Waals surface area (Å²) in [5, 5.41) is 27.8. The van der Waals surface area contributed by atoms with E-state index >= 15 is 0 Å². The molecule has 0 spiro atoms. The number of H-pyrrole nitrogens is 2. The van der Waals surface area contributed by atoms with Crippen molar-refractivity contribution >= 4 is 24.4 Å². The Balaban J connectivity index is 2.49. The fourth-order valence-electron chi connectivity index (χ4n) is 1.59. The first-order valence-corrected chi connectivity index (χ1v) is 5.89. The molecule has 7 heteroatoms. The largest absolute Gasteiger partial charge is 0.508 e. The molecule has 0 aliphatic heterocycles. The Morgan fingerprint density at radius 1 is 1.25 bits per heavy atom. The highest BCUT2D eigenvalue weighted by Gasteiger charge is 2.05. The summed E-state index contributed by atoms with van der Waals surface area (Å²) in [7, 11) is 0. The van der Waals surface area contributed by atoms with Gasteiger partial charge in [0.25, 0.3) is 5.56 Å². The van der Waals surface area contributed by atoms with Crippen LogP contribution in [0.2, 0.25) is 0 Å². The number of phenolic OH excluding ortho intramolecular Hbond substituents is 2. The number of hydrogen-bond donors (Lipinski definition) is 4. The van der Waals surface area contributed by atoms with E-state index in [1.807, 2.05) is 0 Å². The number of phenols is 2. The standard InChI is InChI=1S/C13H9N3O3S/c14-6-9-10(15-13(20)16-12(9)19)4-2-7-1-3-8(17)5-11(7)18/h1-5,17-18H,(H2,15,16,19,20)/b4-2+. The minimum absolute atomic E-state index is 0.0621. The average molecular weight is 287 g/mol. The van der Waals surface area contributed by atoms with Gasteiger partial charge in [0.05, 0.1) is 5.69 Å². The summed E-state index contributed by atoms with van der Waals surface area (Å²) in [6.45, 7) is 0. The van der Waals surface area contributed by atoms with Gasteiger partial charge >= 0.3 is 0 Å². The number of rotatable bonds is 2. The van der Waals surface area contributed by atoms with Crippen LogP contribution >= 0.6 is 12.2 Å². The van der Waals surface area contributed by atoms with Gasteiger partial charge in [-0.05, 0) is 36.5 Å². The lowest BCUT2D eigenvalue weighted by atomic mass is 10.1. The van der Waals surface area contributed by atoms with Crippen LogP contribution in [0.3, 0.4) is 0 Å². The molecule has 100 valence electrons. The highest BCUT2D eigenvalue weighted by Crippen LogP contribution is 2.24. The van der Waals surface area contributed by atoms with Crippen LogP contribution in [-0.4, -0.2) is 20.2 Å². The summed E-state index contributed by atoms with van der Waals surface area (Å²) in [5.41, 5.74) is -0.0149. The van der Waals surface area contributed by atoms with Gasteiger partial charge < -0.3 is 15.2 Å². The Bertz CT molecular complexity index is 843. The van der Waals surface area contributed by atoms with Crippen molar-refractivity contribution in [3.8, 4) is 17.6 Å². The fraction of sp³-hybridized carbons (Fsp3) is 0. The molecule has 6 nitrogen and oxygen atoms in total. The molecule has 0 saturated carbocycles. The molecule has 0 amide bonds. The van der Waals surface area contributed by atoms with Crippen molar-refractivity contribution < 1.29 is 10.2 Å². The second kappa shape index (κ2) is 5.42. The van der Waals surface area contributed by atoms with Crippen molar-refractivity contribution in [2.45, 2.75) is 0 Å². The Hall–Kier alpha value is -2.85. The van der Waals surface area contributed by atoms with E-state index in [0.717, 1.165) is 0 Å². The predicted molar refractivity (Wildman–Crippen MR) is 75.7 cm³/mol. The van der Waals surface area contributed by atoms with Crippen LogP contribution in [0, 0.1) is 16.1 Å². The first-order chi connectivity index (χ1) is 9.51. The van der Waals surface area contributed by atoms with Gasteiger partial charge in [-0.25, -0.2) is 0 Å².